The Balaban J connectivity index is 1.78. The number of aryl methyl sites for hydroxylation is 2. The van der Waals surface area contributed by atoms with E-state index in [9.17, 15) is 0 Å². The largest absolute Gasteiger partial charge is 0.347 e. The van der Waals surface area contributed by atoms with Crippen molar-refractivity contribution >= 4 is 16.5 Å². The molecule has 2 aromatic heterocycles. The van der Waals surface area contributed by atoms with Gasteiger partial charge in [0.15, 0.2) is 5.13 Å². The molecule has 0 radical (unpaired) electrons. The zero-order chi connectivity index (χ0) is 13.4. The number of hydrogen-bond acceptors (Lipinski definition) is 5. The highest BCUT2D eigenvalue weighted by Gasteiger charge is 2.22. The molecule has 102 valence electrons. The summed E-state index contributed by atoms with van der Waals surface area (Å²) in [7, 11) is 4.01. The maximum atomic E-state index is 6.15. The second-order valence-electron chi connectivity index (χ2n) is 5.18. The molecule has 0 bridgehead atoms. The number of nitrogens with two attached hydrogens (primary N) is 1. The van der Waals surface area contributed by atoms with E-state index in [0.717, 1.165) is 30.9 Å². The Morgan fingerprint density at radius 3 is 3.11 bits per heavy atom. The highest BCUT2D eigenvalue weighted by molar-refractivity contribution is 7.15. The molecule has 2 heterocycles. The summed E-state index contributed by atoms with van der Waals surface area (Å²) in [5.74, 6) is 0. The average molecular weight is 277 g/mol. The van der Waals surface area contributed by atoms with E-state index in [4.69, 9.17) is 10.7 Å². The van der Waals surface area contributed by atoms with Crippen LogP contribution in [-0.4, -0.2) is 21.8 Å². The number of hydrogen-bond donors (Lipinski definition) is 1. The van der Waals surface area contributed by atoms with Gasteiger partial charge in [0.25, 0.3) is 0 Å². The molecule has 0 aromatic carbocycles. The third kappa shape index (κ3) is 2.50. The van der Waals surface area contributed by atoms with E-state index in [2.05, 4.69) is 17.0 Å². The van der Waals surface area contributed by atoms with Crippen LogP contribution in [-0.2, 0) is 20.0 Å². The molecule has 0 amide bonds. The lowest BCUT2D eigenvalue weighted by Crippen LogP contribution is -2.16. The first-order valence-electron chi connectivity index (χ1n) is 6.57. The van der Waals surface area contributed by atoms with Gasteiger partial charge in [-0.25, -0.2) is 4.98 Å². The molecule has 1 aliphatic carbocycles. The maximum absolute atomic E-state index is 6.15. The zero-order valence-electron chi connectivity index (χ0n) is 11.3. The van der Waals surface area contributed by atoms with E-state index >= 15 is 0 Å². The Bertz CT molecular complexity index is 573. The minimum atomic E-state index is 0.182. The van der Waals surface area contributed by atoms with Gasteiger partial charge < -0.3 is 10.6 Å². The predicted octanol–water partition coefficient (Wildman–Crippen LogP) is 1.85. The Labute approximate surface area is 117 Å². The summed E-state index contributed by atoms with van der Waals surface area (Å²) in [6.45, 7) is 0.829. The van der Waals surface area contributed by atoms with Crippen LogP contribution in [0.5, 0.6) is 0 Å². The third-order valence-electron chi connectivity index (χ3n) is 3.49. The van der Waals surface area contributed by atoms with Crippen molar-refractivity contribution in [3.05, 3.63) is 28.5 Å². The maximum Gasteiger partial charge on any atom is 0.185 e. The Morgan fingerprint density at radius 1 is 1.58 bits per heavy atom. The number of thiazole rings is 1. The monoisotopic (exact) mass is 277 g/mol. The van der Waals surface area contributed by atoms with Crippen molar-refractivity contribution in [2.24, 2.45) is 12.8 Å². The standard InChI is InChI=1S/C13H19N5S/c1-17(7-9-6-15-18(2)8-9)13-16-11-5-3-4-10(14)12(11)19-13/h6,8,10H,3-5,7,14H2,1-2H3. The van der Waals surface area contributed by atoms with Crippen LogP contribution in [0.25, 0.3) is 0 Å². The lowest BCUT2D eigenvalue weighted by molar-refractivity contribution is 0.573. The summed E-state index contributed by atoms with van der Waals surface area (Å²) < 4.78 is 1.83. The van der Waals surface area contributed by atoms with Crippen LogP contribution in [0.4, 0.5) is 5.13 Å². The van der Waals surface area contributed by atoms with Crippen LogP contribution < -0.4 is 10.6 Å². The van der Waals surface area contributed by atoms with Crippen molar-refractivity contribution in [2.45, 2.75) is 31.8 Å². The molecule has 1 aliphatic rings. The van der Waals surface area contributed by atoms with Gasteiger partial charge in [-0.15, -0.1) is 0 Å². The average Bonchev–Trinajstić information content (AvgIpc) is 2.96. The van der Waals surface area contributed by atoms with Crippen molar-refractivity contribution in [1.29, 1.82) is 0 Å². The lowest BCUT2D eigenvalue weighted by Gasteiger charge is -2.15. The number of fused-ring (bicyclic) bond motifs is 1. The first-order valence-corrected chi connectivity index (χ1v) is 7.39. The topological polar surface area (TPSA) is 60.0 Å². The van der Waals surface area contributed by atoms with Gasteiger partial charge in [-0.05, 0) is 19.3 Å². The van der Waals surface area contributed by atoms with Gasteiger partial charge in [0.05, 0.1) is 11.9 Å². The SMILES string of the molecule is CN(Cc1cnn(C)c1)c1nc2c(s1)C(N)CCC2. The molecule has 0 saturated heterocycles. The van der Waals surface area contributed by atoms with Crippen molar-refractivity contribution in [2.75, 3.05) is 11.9 Å². The Kier molecular flexibility index (Phi) is 3.28. The molecule has 2 aromatic rings. The van der Waals surface area contributed by atoms with Gasteiger partial charge in [-0.1, -0.05) is 11.3 Å². The number of anilines is 1. The lowest BCUT2D eigenvalue weighted by atomic mass is 9.99. The molecular formula is C13H19N5S. The fourth-order valence-corrected chi connectivity index (χ4v) is 3.61. The van der Waals surface area contributed by atoms with Crippen LogP contribution in [0.3, 0.4) is 0 Å². The fraction of sp³-hybridized carbons (Fsp3) is 0.538. The van der Waals surface area contributed by atoms with E-state index < -0.39 is 0 Å². The quantitative estimate of drug-likeness (QED) is 0.930. The van der Waals surface area contributed by atoms with E-state index in [-0.39, 0.29) is 6.04 Å². The summed E-state index contributed by atoms with van der Waals surface area (Å²) in [4.78, 5) is 8.19. The Morgan fingerprint density at radius 2 is 2.42 bits per heavy atom. The molecule has 6 heteroatoms. The molecule has 0 spiro atoms. The highest BCUT2D eigenvalue weighted by Crippen LogP contribution is 2.36. The minimum Gasteiger partial charge on any atom is -0.347 e. The molecule has 0 aliphatic heterocycles. The summed E-state index contributed by atoms with van der Waals surface area (Å²) in [5, 5.41) is 5.25. The second kappa shape index (κ2) is 4.94. The molecule has 0 saturated carbocycles. The smallest absolute Gasteiger partial charge is 0.185 e. The van der Waals surface area contributed by atoms with Crippen molar-refractivity contribution in [1.82, 2.24) is 14.8 Å². The van der Waals surface area contributed by atoms with Gasteiger partial charge in [-0.3, -0.25) is 4.68 Å². The normalized spacial score (nSPS) is 18.4. The Hall–Kier alpha value is -1.40. The van der Waals surface area contributed by atoms with Gasteiger partial charge in [0, 0.05) is 43.3 Å². The van der Waals surface area contributed by atoms with Crippen molar-refractivity contribution in [3.8, 4) is 0 Å². The van der Waals surface area contributed by atoms with Gasteiger partial charge in [-0.2, -0.15) is 5.10 Å². The molecule has 5 nitrogen and oxygen atoms in total. The molecule has 0 fully saturated rings. The first kappa shape index (κ1) is 12.6. The van der Waals surface area contributed by atoms with Crippen LogP contribution >= 0.6 is 11.3 Å². The third-order valence-corrected chi connectivity index (χ3v) is 4.83. The summed E-state index contributed by atoms with van der Waals surface area (Å²) in [6, 6.07) is 0.182. The van der Waals surface area contributed by atoms with E-state index in [0.29, 0.717) is 0 Å². The van der Waals surface area contributed by atoms with Gasteiger partial charge >= 0.3 is 0 Å². The molecule has 1 unspecified atom stereocenters. The summed E-state index contributed by atoms with van der Waals surface area (Å²) >= 11 is 1.74. The molecule has 3 rings (SSSR count). The number of nitrogens with zero attached hydrogens (tertiary/aromatic N) is 4. The van der Waals surface area contributed by atoms with E-state index in [1.807, 2.05) is 24.1 Å². The van der Waals surface area contributed by atoms with Crippen LogP contribution in [0.15, 0.2) is 12.4 Å². The number of rotatable bonds is 3. The summed E-state index contributed by atoms with van der Waals surface area (Å²) in [5.41, 5.74) is 8.56. The first-order chi connectivity index (χ1) is 9.13. The van der Waals surface area contributed by atoms with Crippen LogP contribution in [0.2, 0.25) is 0 Å². The molecule has 1 atom stereocenters. The van der Waals surface area contributed by atoms with Crippen molar-refractivity contribution < 1.29 is 0 Å². The van der Waals surface area contributed by atoms with E-state index in [1.54, 1.807) is 11.3 Å². The van der Waals surface area contributed by atoms with Crippen molar-refractivity contribution in [3.63, 3.8) is 0 Å². The zero-order valence-corrected chi connectivity index (χ0v) is 12.2. The predicted molar refractivity (Wildman–Crippen MR) is 77.3 cm³/mol. The fourth-order valence-electron chi connectivity index (χ4n) is 2.50. The van der Waals surface area contributed by atoms with Gasteiger partial charge in [0.2, 0.25) is 0 Å². The molecular weight excluding hydrogens is 258 g/mol. The number of aromatic nitrogens is 3. The highest BCUT2D eigenvalue weighted by atomic mass is 32.1. The van der Waals surface area contributed by atoms with Gasteiger partial charge in [0.1, 0.15) is 0 Å². The minimum absolute atomic E-state index is 0.182. The second-order valence-corrected chi connectivity index (χ2v) is 6.19. The van der Waals surface area contributed by atoms with Crippen LogP contribution in [0, 0.1) is 0 Å². The molecule has 2 N–H and O–H groups in total. The summed E-state index contributed by atoms with van der Waals surface area (Å²) in [6.07, 6.45) is 7.25. The van der Waals surface area contributed by atoms with Crippen LogP contribution in [0.1, 0.15) is 35.0 Å². The molecule has 19 heavy (non-hydrogen) atoms. The van der Waals surface area contributed by atoms with E-state index in [1.165, 1.54) is 16.1 Å².